The molecule has 1 aliphatic carbocycles. The van der Waals surface area contributed by atoms with Crippen molar-refractivity contribution in [2.45, 2.75) is 38.1 Å². The van der Waals surface area contributed by atoms with Crippen LogP contribution >= 0.6 is 0 Å². The summed E-state index contributed by atoms with van der Waals surface area (Å²) in [4.78, 5) is 0. The summed E-state index contributed by atoms with van der Waals surface area (Å²) in [7, 11) is 1.41. The van der Waals surface area contributed by atoms with E-state index in [1.165, 1.54) is 35.9 Å². The Morgan fingerprint density at radius 1 is 1.38 bits per heavy atom. The Balaban J connectivity index is 2.24. The lowest BCUT2D eigenvalue weighted by atomic mass is 10.1. The monoisotopic (exact) mass is 128 g/mol. The molecule has 48 valence electrons. The van der Waals surface area contributed by atoms with E-state index in [2.05, 4.69) is 6.92 Å². The molecule has 8 heavy (non-hydrogen) atoms. The van der Waals surface area contributed by atoms with Gasteiger partial charge >= 0.3 is 0 Å². The van der Waals surface area contributed by atoms with Crippen molar-refractivity contribution in [3.8, 4) is 0 Å². The molecule has 1 atom stereocenters. The lowest BCUT2D eigenvalue weighted by molar-refractivity contribution is 0.530. The van der Waals surface area contributed by atoms with Crippen molar-refractivity contribution in [3.63, 3.8) is 0 Å². The summed E-state index contributed by atoms with van der Waals surface area (Å²) in [6.45, 7) is 2.40. The van der Waals surface area contributed by atoms with E-state index in [-0.39, 0.29) is 0 Å². The number of hydrogen-bond acceptors (Lipinski definition) is 0. The SMILES string of the molecule is CC([SiH3])C1CCCC1. The van der Waals surface area contributed by atoms with Crippen molar-refractivity contribution in [2.24, 2.45) is 5.92 Å². The lowest BCUT2D eigenvalue weighted by Gasteiger charge is -2.11. The van der Waals surface area contributed by atoms with E-state index in [1.54, 1.807) is 0 Å². The van der Waals surface area contributed by atoms with Crippen LogP contribution in [0.15, 0.2) is 0 Å². The van der Waals surface area contributed by atoms with Crippen LogP contribution in [0.2, 0.25) is 5.54 Å². The molecule has 0 aromatic carbocycles. The zero-order valence-electron chi connectivity index (χ0n) is 5.98. The minimum absolute atomic E-state index is 1.08. The average molecular weight is 128 g/mol. The Morgan fingerprint density at radius 2 is 1.88 bits per heavy atom. The summed E-state index contributed by atoms with van der Waals surface area (Å²) in [5.41, 5.74) is 1.08. The summed E-state index contributed by atoms with van der Waals surface area (Å²) < 4.78 is 0. The topological polar surface area (TPSA) is 0 Å². The first-order chi connectivity index (χ1) is 3.80. The normalized spacial score (nSPS) is 26.6. The van der Waals surface area contributed by atoms with Gasteiger partial charge in [0.05, 0.1) is 0 Å². The maximum Gasteiger partial charge on any atom is 0.00673 e. The second-order valence-electron chi connectivity index (χ2n) is 3.29. The van der Waals surface area contributed by atoms with Crippen LogP contribution in [-0.4, -0.2) is 10.2 Å². The van der Waals surface area contributed by atoms with Crippen molar-refractivity contribution in [2.75, 3.05) is 0 Å². The second-order valence-corrected chi connectivity index (χ2v) is 5.11. The van der Waals surface area contributed by atoms with Crippen molar-refractivity contribution in [1.82, 2.24) is 0 Å². The highest BCUT2D eigenvalue weighted by molar-refractivity contribution is 6.11. The van der Waals surface area contributed by atoms with Gasteiger partial charge in [-0.05, 0) is 5.92 Å². The molecule has 0 aromatic heterocycles. The van der Waals surface area contributed by atoms with Crippen molar-refractivity contribution in [1.29, 1.82) is 0 Å². The van der Waals surface area contributed by atoms with E-state index in [1.807, 2.05) is 0 Å². The minimum Gasteiger partial charge on any atom is -0.0655 e. The Labute approximate surface area is 55.1 Å². The first-order valence-corrected chi connectivity index (χ1v) is 4.96. The van der Waals surface area contributed by atoms with Crippen LogP contribution in [0.25, 0.3) is 0 Å². The Kier molecular flexibility index (Phi) is 2.12. The van der Waals surface area contributed by atoms with E-state index in [4.69, 9.17) is 0 Å². The summed E-state index contributed by atoms with van der Waals surface area (Å²) >= 11 is 0. The predicted molar refractivity (Wildman–Crippen MR) is 41.3 cm³/mol. The molecule has 0 aromatic rings. The molecule has 1 rings (SSSR count). The van der Waals surface area contributed by atoms with Gasteiger partial charge in [-0.1, -0.05) is 38.1 Å². The smallest absolute Gasteiger partial charge is 0.00673 e. The summed E-state index contributed by atoms with van der Waals surface area (Å²) in [5.74, 6) is 1.13. The minimum atomic E-state index is 1.08. The highest BCUT2D eigenvalue weighted by Gasteiger charge is 2.17. The molecule has 0 N–H and O–H groups in total. The molecule has 1 aliphatic rings. The maximum atomic E-state index is 2.40. The zero-order valence-corrected chi connectivity index (χ0v) is 7.98. The fourth-order valence-corrected chi connectivity index (χ4v) is 2.29. The molecule has 0 nitrogen and oxygen atoms in total. The third kappa shape index (κ3) is 1.34. The van der Waals surface area contributed by atoms with Gasteiger partial charge in [0.1, 0.15) is 0 Å². The number of rotatable bonds is 1. The van der Waals surface area contributed by atoms with Crippen LogP contribution in [0.5, 0.6) is 0 Å². The first kappa shape index (κ1) is 6.34. The van der Waals surface area contributed by atoms with Crippen LogP contribution in [0.1, 0.15) is 32.6 Å². The van der Waals surface area contributed by atoms with Gasteiger partial charge in [0.25, 0.3) is 0 Å². The highest BCUT2D eigenvalue weighted by Crippen LogP contribution is 2.32. The largest absolute Gasteiger partial charge is 0.0655 e. The van der Waals surface area contributed by atoms with Crippen LogP contribution < -0.4 is 0 Å². The Bertz CT molecular complexity index is 62.8. The van der Waals surface area contributed by atoms with E-state index in [0.717, 1.165) is 11.5 Å². The van der Waals surface area contributed by atoms with Gasteiger partial charge in [-0.3, -0.25) is 0 Å². The van der Waals surface area contributed by atoms with Gasteiger partial charge in [-0.2, -0.15) is 0 Å². The van der Waals surface area contributed by atoms with Gasteiger partial charge in [0, 0.05) is 10.2 Å². The van der Waals surface area contributed by atoms with E-state index in [0.29, 0.717) is 0 Å². The van der Waals surface area contributed by atoms with Crippen molar-refractivity contribution < 1.29 is 0 Å². The zero-order chi connectivity index (χ0) is 5.98. The molecule has 1 heteroatoms. The summed E-state index contributed by atoms with van der Waals surface area (Å²) in [6, 6.07) is 0. The highest BCUT2D eigenvalue weighted by atomic mass is 28.1. The fourth-order valence-electron chi connectivity index (χ4n) is 1.62. The molecule has 0 radical (unpaired) electrons. The third-order valence-electron chi connectivity index (χ3n) is 2.34. The fraction of sp³-hybridized carbons (Fsp3) is 1.00. The Morgan fingerprint density at radius 3 is 2.12 bits per heavy atom. The molecule has 0 bridgehead atoms. The standard InChI is InChI=1S/C7H16Si/c1-6(8)7-4-2-3-5-7/h6-7H,2-5H2,1,8H3. The molecule has 1 saturated carbocycles. The van der Waals surface area contributed by atoms with Gasteiger partial charge in [0.2, 0.25) is 0 Å². The summed E-state index contributed by atoms with van der Waals surface area (Å²) in [6.07, 6.45) is 6.09. The van der Waals surface area contributed by atoms with Gasteiger partial charge in [-0.25, -0.2) is 0 Å². The van der Waals surface area contributed by atoms with Gasteiger partial charge in [0.15, 0.2) is 0 Å². The van der Waals surface area contributed by atoms with Crippen LogP contribution in [0.4, 0.5) is 0 Å². The molecule has 1 unspecified atom stereocenters. The molecule has 1 fully saturated rings. The van der Waals surface area contributed by atoms with Crippen LogP contribution in [0.3, 0.4) is 0 Å². The summed E-state index contributed by atoms with van der Waals surface area (Å²) in [5, 5.41) is 0. The molecular formula is C7H16Si. The van der Waals surface area contributed by atoms with Crippen molar-refractivity contribution in [3.05, 3.63) is 0 Å². The third-order valence-corrected chi connectivity index (χ3v) is 3.29. The predicted octanol–water partition coefficient (Wildman–Crippen LogP) is 1.35. The quantitative estimate of drug-likeness (QED) is 0.468. The number of hydrogen-bond donors (Lipinski definition) is 0. The molecule has 0 spiro atoms. The molecular weight excluding hydrogens is 112 g/mol. The first-order valence-electron chi connectivity index (χ1n) is 3.80. The van der Waals surface area contributed by atoms with Crippen LogP contribution in [-0.2, 0) is 0 Å². The molecule has 0 amide bonds. The second kappa shape index (κ2) is 2.67. The van der Waals surface area contributed by atoms with Crippen LogP contribution in [0, 0.1) is 5.92 Å². The molecule has 0 saturated heterocycles. The van der Waals surface area contributed by atoms with E-state index in [9.17, 15) is 0 Å². The molecule has 0 heterocycles. The van der Waals surface area contributed by atoms with Gasteiger partial charge < -0.3 is 0 Å². The lowest BCUT2D eigenvalue weighted by Crippen LogP contribution is -1.99. The van der Waals surface area contributed by atoms with Crippen molar-refractivity contribution >= 4 is 10.2 Å². The Hall–Kier alpha value is 0.217. The average Bonchev–Trinajstić information content (AvgIpc) is 2.12. The van der Waals surface area contributed by atoms with E-state index >= 15 is 0 Å². The van der Waals surface area contributed by atoms with E-state index < -0.39 is 0 Å². The maximum absolute atomic E-state index is 2.40. The molecule has 0 aliphatic heterocycles. The van der Waals surface area contributed by atoms with Gasteiger partial charge in [-0.15, -0.1) is 0 Å².